The van der Waals surface area contributed by atoms with Crippen LogP contribution in [0, 0.1) is 6.92 Å². The van der Waals surface area contributed by atoms with Crippen molar-refractivity contribution in [3.8, 4) is 0 Å². The fourth-order valence-electron chi connectivity index (χ4n) is 1.85. The van der Waals surface area contributed by atoms with Gasteiger partial charge in [-0.25, -0.2) is 0 Å². The molecule has 0 amide bonds. The predicted octanol–water partition coefficient (Wildman–Crippen LogP) is 1.90. The van der Waals surface area contributed by atoms with Crippen LogP contribution in [-0.4, -0.2) is 23.7 Å². The molecule has 1 heterocycles. The van der Waals surface area contributed by atoms with Crippen LogP contribution in [0.4, 0.5) is 0 Å². The fourth-order valence-corrected chi connectivity index (χ4v) is 1.85. The van der Waals surface area contributed by atoms with Crippen molar-refractivity contribution in [2.24, 2.45) is 0 Å². The molecule has 4 heteroatoms. The first-order chi connectivity index (χ1) is 7.66. The average Bonchev–Trinajstić information content (AvgIpc) is 2.55. The summed E-state index contributed by atoms with van der Waals surface area (Å²) in [6.45, 7) is 2.27. The first-order valence-electron chi connectivity index (χ1n) is 5.69. The van der Waals surface area contributed by atoms with Crippen LogP contribution in [0.3, 0.4) is 0 Å². The highest BCUT2D eigenvalue weighted by Gasteiger charge is 2.25. The SMILES string of the molecule is Cc1ccc(C(CNC2CCC2)C(=O)O)o1. The lowest BCUT2D eigenvalue weighted by molar-refractivity contribution is -0.139. The summed E-state index contributed by atoms with van der Waals surface area (Å²) in [6.07, 6.45) is 3.56. The number of hydrogen-bond acceptors (Lipinski definition) is 3. The zero-order valence-electron chi connectivity index (χ0n) is 9.40. The maximum absolute atomic E-state index is 11.1. The normalized spacial score (nSPS) is 18.1. The Morgan fingerprint density at radius 2 is 2.38 bits per heavy atom. The van der Waals surface area contributed by atoms with Crippen molar-refractivity contribution >= 4 is 5.97 Å². The van der Waals surface area contributed by atoms with Gasteiger partial charge in [0.25, 0.3) is 0 Å². The zero-order chi connectivity index (χ0) is 11.5. The standard InChI is InChI=1S/C12H17NO3/c1-8-5-6-11(16-8)10(12(14)15)7-13-9-3-2-4-9/h5-6,9-10,13H,2-4,7H2,1H3,(H,14,15). The molecule has 1 unspecified atom stereocenters. The highest BCUT2D eigenvalue weighted by molar-refractivity contribution is 5.75. The van der Waals surface area contributed by atoms with E-state index in [9.17, 15) is 4.79 Å². The first-order valence-corrected chi connectivity index (χ1v) is 5.69. The molecule has 1 aromatic heterocycles. The molecule has 0 bridgehead atoms. The Hall–Kier alpha value is -1.29. The number of rotatable bonds is 5. The quantitative estimate of drug-likeness (QED) is 0.800. The lowest BCUT2D eigenvalue weighted by Crippen LogP contribution is -2.39. The van der Waals surface area contributed by atoms with E-state index in [0.29, 0.717) is 18.3 Å². The van der Waals surface area contributed by atoms with Crippen LogP contribution in [0.5, 0.6) is 0 Å². The van der Waals surface area contributed by atoms with Crippen molar-refractivity contribution in [2.45, 2.75) is 38.1 Å². The molecule has 2 N–H and O–H groups in total. The Kier molecular flexibility index (Phi) is 3.29. The Labute approximate surface area is 94.6 Å². The number of aryl methyl sites for hydroxylation is 1. The van der Waals surface area contributed by atoms with Crippen molar-refractivity contribution < 1.29 is 14.3 Å². The van der Waals surface area contributed by atoms with Gasteiger partial charge in [0.15, 0.2) is 0 Å². The van der Waals surface area contributed by atoms with Gasteiger partial charge in [-0.3, -0.25) is 4.79 Å². The van der Waals surface area contributed by atoms with E-state index >= 15 is 0 Å². The third-order valence-electron chi connectivity index (χ3n) is 3.12. The monoisotopic (exact) mass is 223 g/mol. The van der Waals surface area contributed by atoms with Gasteiger partial charge in [0.2, 0.25) is 0 Å². The lowest BCUT2D eigenvalue weighted by Gasteiger charge is -2.27. The summed E-state index contributed by atoms with van der Waals surface area (Å²) in [6, 6.07) is 4.04. The van der Waals surface area contributed by atoms with Gasteiger partial charge in [0, 0.05) is 12.6 Å². The molecule has 4 nitrogen and oxygen atoms in total. The van der Waals surface area contributed by atoms with Crippen molar-refractivity contribution in [3.05, 3.63) is 23.7 Å². The number of furan rings is 1. The molecule has 0 radical (unpaired) electrons. The molecule has 2 rings (SSSR count). The Balaban J connectivity index is 1.96. The van der Waals surface area contributed by atoms with Crippen molar-refractivity contribution in [1.29, 1.82) is 0 Å². The van der Waals surface area contributed by atoms with Gasteiger partial charge in [0.1, 0.15) is 17.4 Å². The molecule has 0 aromatic carbocycles. The number of carboxylic acid groups (broad SMARTS) is 1. The second kappa shape index (κ2) is 4.70. The van der Waals surface area contributed by atoms with E-state index < -0.39 is 11.9 Å². The summed E-state index contributed by atoms with van der Waals surface area (Å²) in [5, 5.41) is 12.4. The van der Waals surface area contributed by atoms with Crippen LogP contribution in [-0.2, 0) is 4.79 Å². The summed E-state index contributed by atoms with van der Waals surface area (Å²) in [4.78, 5) is 11.1. The maximum Gasteiger partial charge on any atom is 0.315 e. The second-order valence-corrected chi connectivity index (χ2v) is 4.38. The van der Waals surface area contributed by atoms with E-state index in [4.69, 9.17) is 9.52 Å². The minimum atomic E-state index is -0.832. The molecule has 1 aromatic rings. The molecular formula is C12H17NO3. The Bertz CT molecular complexity index is 368. The van der Waals surface area contributed by atoms with Crippen LogP contribution >= 0.6 is 0 Å². The van der Waals surface area contributed by atoms with Crippen LogP contribution in [0.25, 0.3) is 0 Å². The summed E-state index contributed by atoms with van der Waals surface area (Å²) >= 11 is 0. The van der Waals surface area contributed by atoms with E-state index in [0.717, 1.165) is 18.6 Å². The number of carboxylic acids is 1. The summed E-state index contributed by atoms with van der Waals surface area (Å²) in [7, 11) is 0. The van der Waals surface area contributed by atoms with Crippen LogP contribution < -0.4 is 5.32 Å². The second-order valence-electron chi connectivity index (χ2n) is 4.38. The first kappa shape index (κ1) is 11.2. The number of aliphatic carboxylic acids is 1. The van der Waals surface area contributed by atoms with E-state index in [1.54, 1.807) is 12.1 Å². The fraction of sp³-hybridized carbons (Fsp3) is 0.583. The van der Waals surface area contributed by atoms with E-state index in [-0.39, 0.29) is 0 Å². The summed E-state index contributed by atoms with van der Waals surface area (Å²) in [5.74, 6) is -0.114. The molecule has 1 aliphatic carbocycles. The third kappa shape index (κ3) is 2.44. The molecule has 0 saturated heterocycles. The van der Waals surface area contributed by atoms with Gasteiger partial charge < -0.3 is 14.8 Å². The van der Waals surface area contributed by atoms with E-state index in [1.165, 1.54) is 6.42 Å². The minimum Gasteiger partial charge on any atom is -0.481 e. The highest BCUT2D eigenvalue weighted by Crippen LogP contribution is 2.22. The van der Waals surface area contributed by atoms with Gasteiger partial charge in [-0.05, 0) is 31.9 Å². The van der Waals surface area contributed by atoms with Crippen LogP contribution in [0.2, 0.25) is 0 Å². The number of carbonyl (C=O) groups is 1. The Morgan fingerprint density at radius 1 is 1.62 bits per heavy atom. The predicted molar refractivity (Wildman–Crippen MR) is 59.5 cm³/mol. The van der Waals surface area contributed by atoms with Gasteiger partial charge in [-0.1, -0.05) is 6.42 Å². The third-order valence-corrected chi connectivity index (χ3v) is 3.12. The summed E-state index contributed by atoms with van der Waals surface area (Å²) in [5.41, 5.74) is 0. The van der Waals surface area contributed by atoms with Crippen molar-refractivity contribution in [3.63, 3.8) is 0 Å². The lowest BCUT2D eigenvalue weighted by atomic mass is 9.92. The maximum atomic E-state index is 11.1. The molecule has 0 aliphatic heterocycles. The summed E-state index contributed by atoms with van der Waals surface area (Å²) < 4.78 is 5.37. The van der Waals surface area contributed by atoms with Gasteiger partial charge in [-0.2, -0.15) is 0 Å². The number of hydrogen-bond donors (Lipinski definition) is 2. The molecule has 0 spiro atoms. The molecule has 1 aliphatic rings. The van der Waals surface area contributed by atoms with Crippen LogP contribution in [0.1, 0.15) is 36.7 Å². The zero-order valence-corrected chi connectivity index (χ0v) is 9.40. The van der Waals surface area contributed by atoms with Gasteiger partial charge in [-0.15, -0.1) is 0 Å². The smallest absolute Gasteiger partial charge is 0.315 e. The Morgan fingerprint density at radius 3 is 2.81 bits per heavy atom. The van der Waals surface area contributed by atoms with E-state index in [2.05, 4.69) is 5.32 Å². The molecule has 16 heavy (non-hydrogen) atoms. The number of nitrogens with one attached hydrogen (secondary N) is 1. The molecule has 88 valence electrons. The van der Waals surface area contributed by atoms with E-state index in [1.807, 2.05) is 6.92 Å². The topological polar surface area (TPSA) is 62.5 Å². The largest absolute Gasteiger partial charge is 0.481 e. The molecule has 1 atom stereocenters. The van der Waals surface area contributed by atoms with Crippen LogP contribution in [0.15, 0.2) is 16.5 Å². The van der Waals surface area contributed by atoms with Crippen molar-refractivity contribution in [2.75, 3.05) is 6.54 Å². The average molecular weight is 223 g/mol. The van der Waals surface area contributed by atoms with Gasteiger partial charge in [0.05, 0.1) is 0 Å². The van der Waals surface area contributed by atoms with Gasteiger partial charge >= 0.3 is 5.97 Å². The molecular weight excluding hydrogens is 206 g/mol. The molecule has 1 saturated carbocycles. The molecule has 1 fully saturated rings. The minimum absolute atomic E-state index is 0.451. The van der Waals surface area contributed by atoms with Crippen molar-refractivity contribution in [1.82, 2.24) is 5.32 Å². The highest BCUT2D eigenvalue weighted by atomic mass is 16.4.